The van der Waals surface area contributed by atoms with Crippen LogP contribution in [-0.2, 0) is 0 Å². The highest BCUT2D eigenvalue weighted by Gasteiger charge is 2.22. The summed E-state index contributed by atoms with van der Waals surface area (Å²) in [6, 6.07) is 7.68. The van der Waals surface area contributed by atoms with Gasteiger partial charge in [0.2, 0.25) is 0 Å². The lowest BCUT2D eigenvalue weighted by molar-refractivity contribution is 0.101. The van der Waals surface area contributed by atoms with E-state index in [1.54, 1.807) is 28.0 Å². The van der Waals surface area contributed by atoms with Crippen LogP contribution in [0.2, 0.25) is 0 Å². The molecule has 0 saturated heterocycles. The molecule has 2 heterocycles. The van der Waals surface area contributed by atoms with E-state index in [-0.39, 0.29) is 11.9 Å². The average Bonchev–Trinajstić information content (AvgIpc) is 2.84. The number of anilines is 1. The van der Waals surface area contributed by atoms with Gasteiger partial charge in [0.1, 0.15) is 17.2 Å². The Morgan fingerprint density at radius 1 is 0.917 bits per heavy atom. The predicted octanol–water partition coefficient (Wildman–Crippen LogP) is 3.49. The third-order valence-electron chi connectivity index (χ3n) is 6.57. The van der Waals surface area contributed by atoms with Crippen LogP contribution in [-0.4, -0.2) is 53.8 Å². The Balaban J connectivity index is 1.48. The topological polar surface area (TPSA) is 135 Å². The molecule has 0 atom stereocenters. The van der Waals surface area contributed by atoms with Crippen molar-refractivity contribution in [2.45, 2.75) is 19.8 Å². The third-order valence-corrected chi connectivity index (χ3v) is 6.57. The zero-order valence-corrected chi connectivity index (χ0v) is 20.0. The highest BCUT2D eigenvalue weighted by Crippen LogP contribution is 2.29. The van der Waals surface area contributed by atoms with Gasteiger partial charge in [0.25, 0.3) is 5.91 Å². The number of carbonyl (C=O) groups is 1. The minimum atomic E-state index is -0.937. The molecule has 2 aliphatic heterocycles. The predicted molar refractivity (Wildman–Crippen MR) is 138 cm³/mol. The van der Waals surface area contributed by atoms with Gasteiger partial charge in [-0.05, 0) is 71.9 Å². The van der Waals surface area contributed by atoms with Crippen molar-refractivity contribution in [1.29, 1.82) is 10.8 Å². The fourth-order valence-corrected chi connectivity index (χ4v) is 4.55. The molecule has 0 fully saturated rings. The second-order valence-electron chi connectivity index (χ2n) is 8.92. The molecular weight excluding hydrogens is 464 g/mol. The number of nitrogens with zero attached hydrogens (tertiary/aromatic N) is 2. The third kappa shape index (κ3) is 5.22. The summed E-state index contributed by atoms with van der Waals surface area (Å²) in [4.78, 5) is 16.2. The minimum absolute atomic E-state index is 0.0441. The number of nitrogens with two attached hydrogens (primary N) is 2. The van der Waals surface area contributed by atoms with Gasteiger partial charge in [-0.2, -0.15) is 0 Å². The molecule has 4 rings (SSSR count). The second kappa shape index (κ2) is 10.2. The van der Waals surface area contributed by atoms with E-state index in [0.717, 1.165) is 28.7 Å². The van der Waals surface area contributed by atoms with Crippen LogP contribution in [0.1, 0.15) is 39.9 Å². The number of benzene rings is 2. The average molecular weight is 494 g/mol. The number of aryl methyl sites for hydroxylation is 1. The summed E-state index contributed by atoms with van der Waals surface area (Å²) in [6.07, 6.45) is 5.02. The van der Waals surface area contributed by atoms with Crippen LogP contribution in [0, 0.1) is 29.4 Å². The number of hydrogen-bond acceptors (Lipinski definition) is 3. The first-order valence-corrected chi connectivity index (χ1v) is 11.6. The van der Waals surface area contributed by atoms with Gasteiger partial charge in [-0.25, -0.2) is 8.78 Å². The lowest BCUT2D eigenvalue weighted by Gasteiger charge is -2.27. The van der Waals surface area contributed by atoms with Crippen LogP contribution in [0.5, 0.6) is 0 Å². The van der Waals surface area contributed by atoms with E-state index in [9.17, 15) is 13.6 Å². The Morgan fingerprint density at radius 3 is 1.94 bits per heavy atom. The first kappa shape index (κ1) is 24.9. The number of amides is 1. The molecule has 0 aliphatic carbocycles. The Labute approximate surface area is 208 Å². The van der Waals surface area contributed by atoms with Gasteiger partial charge in [-0.15, -0.1) is 0 Å². The fourth-order valence-electron chi connectivity index (χ4n) is 4.55. The number of hydrogen-bond donors (Lipinski definition) is 5. The summed E-state index contributed by atoms with van der Waals surface area (Å²) in [7, 11) is 0. The van der Waals surface area contributed by atoms with E-state index in [1.165, 1.54) is 12.1 Å². The van der Waals surface area contributed by atoms with Crippen LogP contribution in [0.4, 0.5) is 14.5 Å². The van der Waals surface area contributed by atoms with Gasteiger partial charge in [0.15, 0.2) is 11.9 Å². The molecule has 2 aromatic carbocycles. The zero-order chi connectivity index (χ0) is 26.0. The highest BCUT2D eigenvalue weighted by atomic mass is 19.1. The standard InChI is InChI=1S/C26H29F2N7O/c1-15-12-19(2-3-20(15)17-6-10-35(11-7-17)26(31)32)33-24(36)23-21(27)13-18(14-22(23)28)16-4-8-34(9-5-16)25(29)30/h2-4,6,12-14H,5,7-11H2,1H3,(H3,29,30)(H3,31,32)(H,33,36). The SMILES string of the molecule is Cc1cc(NC(=O)c2c(F)cc(C3=CCN(C(=N)N)CC3)cc2F)ccc1C1=CCN(C(=N)N)CC1. The maximum atomic E-state index is 14.9. The molecule has 1 amide bonds. The summed E-state index contributed by atoms with van der Waals surface area (Å²) in [5.41, 5.74) is 15.0. The van der Waals surface area contributed by atoms with Crippen molar-refractivity contribution < 1.29 is 13.6 Å². The van der Waals surface area contributed by atoms with Crippen molar-refractivity contribution in [2.75, 3.05) is 31.5 Å². The van der Waals surface area contributed by atoms with E-state index in [1.807, 2.05) is 19.1 Å². The summed E-state index contributed by atoms with van der Waals surface area (Å²) in [5, 5.41) is 17.6. The highest BCUT2D eigenvalue weighted by molar-refractivity contribution is 6.05. The fraction of sp³-hybridized carbons (Fsp3) is 0.269. The van der Waals surface area contributed by atoms with Crippen LogP contribution in [0.15, 0.2) is 42.5 Å². The summed E-state index contributed by atoms with van der Waals surface area (Å²) in [6.45, 7) is 3.98. The molecule has 0 spiro atoms. The molecule has 188 valence electrons. The lowest BCUT2D eigenvalue weighted by Crippen LogP contribution is -2.39. The molecule has 0 unspecified atom stereocenters. The normalized spacial score (nSPS) is 15.8. The summed E-state index contributed by atoms with van der Waals surface area (Å²) >= 11 is 0. The smallest absolute Gasteiger partial charge is 0.261 e. The Bertz CT molecular complexity index is 1280. The van der Waals surface area contributed by atoms with Crippen LogP contribution < -0.4 is 16.8 Å². The Morgan fingerprint density at radius 2 is 1.47 bits per heavy atom. The number of guanidine groups is 2. The first-order valence-electron chi connectivity index (χ1n) is 11.6. The van der Waals surface area contributed by atoms with E-state index >= 15 is 0 Å². The maximum Gasteiger partial charge on any atom is 0.261 e. The number of rotatable bonds is 4. The van der Waals surface area contributed by atoms with Crippen molar-refractivity contribution >= 4 is 34.7 Å². The van der Waals surface area contributed by atoms with Gasteiger partial charge < -0.3 is 26.6 Å². The molecular formula is C26H29F2N7O. The number of nitrogens with one attached hydrogen (secondary N) is 3. The minimum Gasteiger partial charge on any atom is -0.370 e. The molecule has 2 aromatic rings. The van der Waals surface area contributed by atoms with Crippen molar-refractivity contribution in [2.24, 2.45) is 11.5 Å². The molecule has 8 nitrogen and oxygen atoms in total. The summed E-state index contributed by atoms with van der Waals surface area (Å²) in [5.74, 6) is -2.74. The second-order valence-corrected chi connectivity index (χ2v) is 8.92. The molecule has 10 heteroatoms. The van der Waals surface area contributed by atoms with Crippen molar-refractivity contribution in [3.63, 3.8) is 0 Å². The van der Waals surface area contributed by atoms with Crippen molar-refractivity contribution in [1.82, 2.24) is 9.80 Å². The summed E-state index contributed by atoms with van der Waals surface area (Å²) < 4.78 is 29.7. The zero-order valence-electron chi connectivity index (χ0n) is 20.0. The van der Waals surface area contributed by atoms with E-state index < -0.39 is 23.1 Å². The number of halogens is 2. The first-order chi connectivity index (χ1) is 17.1. The largest absolute Gasteiger partial charge is 0.370 e. The number of carbonyl (C=O) groups excluding carboxylic acids is 1. The van der Waals surface area contributed by atoms with Crippen LogP contribution in [0.25, 0.3) is 11.1 Å². The van der Waals surface area contributed by atoms with Crippen LogP contribution >= 0.6 is 0 Å². The van der Waals surface area contributed by atoms with Gasteiger partial charge >= 0.3 is 0 Å². The molecule has 2 aliphatic rings. The lowest BCUT2D eigenvalue weighted by atomic mass is 9.95. The van der Waals surface area contributed by atoms with Gasteiger partial charge in [0, 0.05) is 31.9 Å². The Kier molecular flexibility index (Phi) is 7.05. The van der Waals surface area contributed by atoms with Crippen molar-refractivity contribution in [3.8, 4) is 0 Å². The molecule has 0 bridgehead atoms. The molecule has 7 N–H and O–H groups in total. The molecule has 36 heavy (non-hydrogen) atoms. The van der Waals surface area contributed by atoms with Gasteiger partial charge in [0.05, 0.1) is 0 Å². The Hall–Kier alpha value is -4.21. The quantitative estimate of drug-likeness (QED) is 0.328. The molecule has 0 saturated carbocycles. The van der Waals surface area contributed by atoms with E-state index in [2.05, 4.69) is 5.32 Å². The van der Waals surface area contributed by atoms with E-state index in [4.69, 9.17) is 22.3 Å². The van der Waals surface area contributed by atoms with E-state index in [0.29, 0.717) is 43.9 Å². The van der Waals surface area contributed by atoms with Gasteiger partial charge in [-0.3, -0.25) is 15.6 Å². The van der Waals surface area contributed by atoms with Crippen LogP contribution in [0.3, 0.4) is 0 Å². The maximum absolute atomic E-state index is 14.9. The monoisotopic (exact) mass is 493 g/mol. The van der Waals surface area contributed by atoms with Gasteiger partial charge in [-0.1, -0.05) is 18.2 Å². The molecule has 0 aromatic heterocycles. The van der Waals surface area contributed by atoms with Crippen molar-refractivity contribution in [3.05, 3.63) is 76.4 Å². The molecule has 0 radical (unpaired) electrons.